The average molecular weight is 337 g/mol. The molecule has 2 fully saturated rings. The van der Waals surface area contributed by atoms with E-state index in [-0.39, 0.29) is 11.9 Å². The minimum absolute atomic E-state index is 0.00443. The molecule has 3 heterocycles. The number of piperidine rings is 1. The Labute approximate surface area is 147 Å². The topological polar surface area (TPSA) is 62.2 Å². The van der Waals surface area contributed by atoms with Gasteiger partial charge in [-0.15, -0.1) is 0 Å². The number of carbonyl (C=O) groups is 1. The van der Waals surface area contributed by atoms with Gasteiger partial charge in [-0.1, -0.05) is 6.07 Å². The van der Waals surface area contributed by atoms with Crippen LogP contribution in [-0.4, -0.2) is 51.9 Å². The highest BCUT2D eigenvalue weighted by Crippen LogP contribution is 2.37. The molecule has 4 rings (SSSR count). The Morgan fingerprint density at radius 2 is 1.96 bits per heavy atom. The number of carbonyl (C=O) groups excluding carboxylic acids is 1. The highest BCUT2D eigenvalue weighted by Gasteiger charge is 2.29. The Morgan fingerprint density at radius 3 is 2.64 bits per heavy atom. The van der Waals surface area contributed by atoms with E-state index in [0.717, 1.165) is 37.6 Å². The van der Waals surface area contributed by atoms with Crippen molar-refractivity contribution >= 4 is 11.7 Å². The molecular formula is C19H23N5O. The van der Waals surface area contributed by atoms with Gasteiger partial charge in [0.2, 0.25) is 0 Å². The number of amides is 1. The van der Waals surface area contributed by atoms with Crippen molar-refractivity contribution in [3.05, 3.63) is 48.2 Å². The molecule has 1 aliphatic heterocycles. The zero-order valence-corrected chi connectivity index (χ0v) is 14.5. The fourth-order valence-electron chi connectivity index (χ4n) is 3.39. The van der Waals surface area contributed by atoms with Crippen molar-refractivity contribution in [2.75, 3.05) is 25.0 Å². The van der Waals surface area contributed by atoms with Gasteiger partial charge in [-0.2, -0.15) is 0 Å². The van der Waals surface area contributed by atoms with E-state index < -0.39 is 0 Å². The summed E-state index contributed by atoms with van der Waals surface area (Å²) >= 11 is 0. The number of likely N-dealkylation sites (N-methyl/N-ethyl adjacent to an activating group) is 1. The third-order valence-electron chi connectivity index (χ3n) is 5.10. The summed E-state index contributed by atoms with van der Waals surface area (Å²) < 4.78 is 0. The first-order chi connectivity index (χ1) is 12.2. The molecule has 2 aliphatic rings. The van der Waals surface area contributed by atoms with Crippen LogP contribution in [0.4, 0.5) is 5.82 Å². The molecule has 1 amide bonds. The van der Waals surface area contributed by atoms with Gasteiger partial charge in [0.15, 0.2) is 0 Å². The lowest BCUT2D eigenvalue weighted by Gasteiger charge is -2.38. The summed E-state index contributed by atoms with van der Waals surface area (Å²) in [5, 5.41) is 0. The lowest BCUT2D eigenvalue weighted by atomic mass is 10.0. The van der Waals surface area contributed by atoms with E-state index in [1.165, 1.54) is 12.8 Å². The van der Waals surface area contributed by atoms with Crippen molar-refractivity contribution in [3.8, 4) is 0 Å². The highest BCUT2D eigenvalue weighted by molar-refractivity contribution is 5.93. The van der Waals surface area contributed by atoms with Crippen LogP contribution in [-0.2, 0) is 0 Å². The maximum Gasteiger partial charge on any atom is 0.257 e. The summed E-state index contributed by atoms with van der Waals surface area (Å²) in [4.78, 5) is 30.1. The quantitative estimate of drug-likeness (QED) is 0.858. The molecule has 2 aromatic rings. The Morgan fingerprint density at radius 1 is 1.16 bits per heavy atom. The molecule has 0 spiro atoms. The van der Waals surface area contributed by atoms with Crippen LogP contribution in [0.25, 0.3) is 0 Å². The molecule has 0 bridgehead atoms. The van der Waals surface area contributed by atoms with E-state index in [0.29, 0.717) is 11.5 Å². The summed E-state index contributed by atoms with van der Waals surface area (Å²) in [6.07, 6.45) is 9.56. The van der Waals surface area contributed by atoms with Crippen molar-refractivity contribution in [1.82, 2.24) is 19.9 Å². The lowest BCUT2D eigenvalue weighted by molar-refractivity contribution is 0.0716. The third-order valence-corrected chi connectivity index (χ3v) is 5.10. The number of anilines is 1. The predicted molar refractivity (Wildman–Crippen MR) is 95.6 cm³/mol. The van der Waals surface area contributed by atoms with Gasteiger partial charge in [0.05, 0.1) is 5.56 Å². The fraction of sp³-hybridized carbons (Fsp3) is 0.474. The molecule has 1 aliphatic carbocycles. The zero-order valence-electron chi connectivity index (χ0n) is 14.5. The second kappa shape index (κ2) is 6.78. The largest absolute Gasteiger partial charge is 0.355 e. The van der Waals surface area contributed by atoms with E-state index in [9.17, 15) is 4.79 Å². The van der Waals surface area contributed by atoms with Gasteiger partial charge in [0, 0.05) is 50.7 Å². The van der Waals surface area contributed by atoms with Crippen LogP contribution in [0.1, 0.15) is 47.8 Å². The molecule has 1 unspecified atom stereocenters. The van der Waals surface area contributed by atoms with Gasteiger partial charge in [-0.25, -0.2) is 15.0 Å². The van der Waals surface area contributed by atoms with E-state index in [2.05, 4.69) is 19.9 Å². The standard InChI is InChI=1S/C19H23N5O/c1-23(19(25)15-11-21-18(22-12-15)14-7-8-14)16-5-4-10-24(13-16)17-6-2-3-9-20-17/h2-3,6,9,11-12,14,16H,4-5,7-8,10,13H2,1H3. The molecule has 0 aromatic carbocycles. The summed E-state index contributed by atoms with van der Waals surface area (Å²) in [6.45, 7) is 1.79. The molecule has 2 aromatic heterocycles. The molecule has 6 nitrogen and oxygen atoms in total. The molecule has 1 atom stereocenters. The lowest BCUT2D eigenvalue weighted by Crippen LogP contribution is -2.48. The molecule has 6 heteroatoms. The molecule has 25 heavy (non-hydrogen) atoms. The Bertz CT molecular complexity index is 729. The van der Waals surface area contributed by atoms with Crippen molar-refractivity contribution in [2.45, 2.75) is 37.6 Å². The van der Waals surface area contributed by atoms with Crippen molar-refractivity contribution in [3.63, 3.8) is 0 Å². The summed E-state index contributed by atoms with van der Waals surface area (Å²) in [6, 6.07) is 6.12. The normalized spacial score (nSPS) is 20.4. The van der Waals surface area contributed by atoms with E-state index >= 15 is 0 Å². The van der Waals surface area contributed by atoms with Crippen LogP contribution in [0.2, 0.25) is 0 Å². The second-order valence-corrected chi connectivity index (χ2v) is 6.95. The molecule has 0 N–H and O–H groups in total. The minimum Gasteiger partial charge on any atom is -0.355 e. The first-order valence-corrected chi connectivity index (χ1v) is 8.97. The van der Waals surface area contributed by atoms with Crippen LogP contribution < -0.4 is 4.90 Å². The number of aromatic nitrogens is 3. The number of rotatable bonds is 4. The molecule has 0 radical (unpaired) electrons. The Kier molecular flexibility index (Phi) is 4.34. The van der Waals surface area contributed by atoms with E-state index in [1.807, 2.05) is 36.3 Å². The fourth-order valence-corrected chi connectivity index (χ4v) is 3.39. The third kappa shape index (κ3) is 3.48. The second-order valence-electron chi connectivity index (χ2n) is 6.95. The first kappa shape index (κ1) is 16.0. The van der Waals surface area contributed by atoms with Crippen LogP contribution >= 0.6 is 0 Å². The van der Waals surface area contributed by atoms with Gasteiger partial charge in [0.1, 0.15) is 11.6 Å². The monoisotopic (exact) mass is 337 g/mol. The Balaban J connectivity index is 1.43. The molecule has 1 saturated heterocycles. The number of nitrogens with zero attached hydrogens (tertiary/aromatic N) is 5. The van der Waals surface area contributed by atoms with Gasteiger partial charge < -0.3 is 9.80 Å². The number of hydrogen-bond acceptors (Lipinski definition) is 5. The highest BCUT2D eigenvalue weighted by atomic mass is 16.2. The zero-order chi connectivity index (χ0) is 17.2. The van der Waals surface area contributed by atoms with Gasteiger partial charge in [-0.05, 0) is 37.8 Å². The van der Waals surface area contributed by atoms with Crippen molar-refractivity contribution in [2.24, 2.45) is 0 Å². The first-order valence-electron chi connectivity index (χ1n) is 8.97. The van der Waals surface area contributed by atoms with Crippen molar-refractivity contribution < 1.29 is 4.79 Å². The number of hydrogen-bond donors (Lipinski definition) is 0. The SMILES string of the molecule is CN(C(=O)c1cnc(C2CC2)nc1)C1CCCN(c2ccccn2)C1. The van der Waals surface area contributed by atoms with Gasteiger partial charge in [0.25, 0.3) is 5.91 Å². The van der Waals surface area contributed by atoms with Crippen LogP contribution in [0.5, 0.6) is 0 Å². The van der Waals surface area contributed by atoms with Crippen LogP contribution in [0.15, 0.2) is 36.8 Å². The summed E-state index contributed by atoms with van der Waals surface area (Å²) in [7, 11) is 1.88. The molecule has 130 valence electrons. The maximum absolute atomic E-state index is 12.8. The van der Waals surface area contributed by atoms with E-state index in [1.54, 1.807) is 12.4 Å². The predicted octanol–water partition coefficient (Wildman–Crippen LogP) is 2.49. The van der Waals surface area contributed by atoms with Gasteiger partial charge >= 0.3 is 0 Å². The van der Waals surface area contributed by atoms with Gasteiger partial charge in [-0.3, -0.25) is 4.79 Å². The van der Waals surface area contributed by atoms with E-state index in [4.69, 9.17) is 0 Å². The molecular weight excluding hydrogens is 314 g/mol. The maximum atomic E-state index is 12.8. The minimum atomic E-state index is -0.00443. The smallest absolute Gasteiger partial charge is 0.257 e. The summed E-state index contributed by atoms with van der Waals surface area (Å²) in [5.74, 6) is 2.35. The van der Waals surface area contributed by atoms with Crippen molar-refractivity contribution in [1.29, 1.82) is 0 Å². The average Bonchev–Trinajstić information content (AvgIpc) is 3.53. The summed E-state index contributed by atoms with van der Waals surface area (Å²) in [5.41, 5.74) is 0.571. The Hall–Kier alpha value is -2.50. The van der Waals surface area contributed by atoms with Crippen LogP contribution in [0.3, 0.4) is 0 Å². The van der Waals surface area contributed by atoms with Crippen LogP contribution in [0, 0.1) is 0 Å². The molecule has 1 saturated carbocycles. The number of pyridine rings is 1.